The summed E-state index contributed by atoms with van der Waals surface area (Å²) >= 11 is 0. The van der Waals surface area contributed by atoms with E-state index in [-0.39, 0.29) is 23.7 Å². The highest BCUT2D eigenvalue weighted by Crippen LogP contribution is 2.42. The monoisotopic (exact) mass is 442 g/mol. The number of hydrogen-bond acceptors (Lipinski definition) is 4. The van der Waals surface area contributed by atoms with Crippen LogP contribution in [-0.4, -0.2) is 44.1 Å². The number of ether oxygens (including phenoxy) is 2. The van der Waals surface area contributed by atoms with Crippen LogP contribution in [0.25, 0.3) is 0 Å². The fourth-order valence-corrected chi connectivity index (χ4v) is 9.67. The second-order valence-corrected chi connectivity index (χ2v) is 14.8. The minimum atomic E-state index is -2.68. The van der Waals surface area contributed by atoms with Crippen LogP contribution in [0, 0.1) is 5.92 Å². The van der Waals surface area contributed by atoms with Crippen LogP contribution in [0.15, 0.2) is 60.7 Å². The highest BCUT2D eigenvalue weighted by molar-refractivity contribution is 6.99. The van der Waals surface area contributed by atoms with Gasteiger partial charge in [-0.05, 0) is 36.2 Å². The Kier molecular flexibility index (Phi) is 6.85. The Balaban J connectivity index is 2.08. The van der Waals surface area contributed by atoms with Crippen molar-refractivity contribution in [2.45, 2.75) is 71.0 Å². The predicted molar refractivity (Wildman–Crippen MR) is 128 cm³/mol. The summed E-state index contributed by atoms with van der Waals surface area (Å²) in [5, 5.41) is 12.2. The van der Waals surface area contributed by atoms with E-state index in [1.54, 1.807) is 0 Å². The highest BCUT2D eigenvalue weighted by Gasteiger charge is 2.56. The Bertz CT molecular complexity index is 807. The first-order valence-electron chi connectivity index (χ1n) is 11.2. The van der Waals surface area contributed by atoms with Gasteiger partial charge in [0.15, 0.2) is 5.79 Å². The summed E-state index contributed by atoms with van der Waals surface area (Å²) in [6.07, 6.45) is -0.259. The molecule has 3 rings (SSSR count). The molecule has 2 aromatic rings. The van der Waals surface area contributed by atoms with Gasteiger partial charge in [-0.25, -0.2) is 0 Å². The maximum absolute atomic E-state index is 9.84. The Morgan fingerprint density at radius 1 is 0.968 bits per heavy atom. The van der Waals surface area contributed by atoms with Crippen molar-refractivity contribution < 1.29 is 19.0 Å². The summed E-state index contributed by atoms with van der Waals surface area (Å²) in [7, 11) is -2.68. The van der Waals surface area contributed by atoms with E-state index >= 15 is 0 Å². The van der Waals surface area contributed by atoms with Crippen LogP contribution in [0.3, 0.4) is 0 Å². The van der Waals surface area contributed by atoms with Crippen molar-refractivity contribution in [3.8, 4) is 0 Å². The highest BCUT2D eigenvalue weighted by atomic mass is 28.4. The Morgan fingerprint density at radius 3 is 1.87 bits per heavy atom. The molecule has 3 atom stereocenters. The summed E-state index contributed by atoms with van der Waals surface area (Å²) in [6, 6.07) is 21.2. The number of benzene rings is 2. The first-order chi connectivity index (χ1) is 14.5. The topological polar surface area (TPSA) is 47.9 Å². The minimum Gasteiger partial charge on any atom is -0.404 e. The zero-order chi connectivity index (χ0) is 22.9. The van der Waals surface area contributed by atoms with Gasteiger partial charge in [0.2, 0.25) is 0 Å². The van der Waals surface area contributed by atoms with Crippen molar-refractivity contribution in [1.29, 1.82) is 0 Å². The van der Waals surface area contributed by atoms with E-state index in [1.165, 1.54) is 10.4 Å². The van der Waals surface area contributed by atoms with Crippen molar-refractivity contribution in [2.75, 3.05) is 13.2 Å². The molecule has 0 unspecified atom stereocenters. The maximum Gasteiger partial charge on any atom is 0.261 e. The van der Waals surface area contributed by atoms with E-state index in [1.807, 2.05) is 32.9 Å². The quantitative estimate of drug-likeness (QED) is 0.656. The third kappa shape index (κ3) is 4.66. The van der Waals surface area contributed by atoms with E-state index in [4.69, 9.17) is 13.9 Å². The number of hydrogen-bond donors (Lipinski definition) is 1. The fraction of sp³-hybridized carbons (Fsp3) is 0.538. The molecular formula is C26H38O4Si. The molecule has 1 heterocycles. The molecule has 2 aromatic carbocycles. The van der Waals surface area contributed by atoms with Gasteiger partial charge in [0.1, 0.15) is 5.60 Å². The van der Waals surface area contributed by atoms with Gasteiger partial charge < -0.3 is 19.0 Å². The molecule has 0 amide bonds. The van der Waals surface area contributed by atoms with E-state index in [2.05, 4.69) is 76.2 Å². The standard InChI is InChI=1S/C26H38O4Si/c1-20(18-27)23-26(7,30-25(5,6)29-23)19-28-31(24(2,3)4,21-14-10-8-11-15-21)22-16-12-9-13-17-22/h8-17,20,23,27H,18-19H2,1-7H3/t20-,23+,26+/m0/s1. The van der Waals surface area contributed by atoms with Crippen molar-refractivity contribution in [2.24, 2.45) is 5.92 Å². The summed E-state index contributed by atoms with van der Waals surface area (Å²) in [5.74, 6) is -0.785. The van der Waals surface area contributed by atoms with Crippen LogP contribution in [0.5, 0.6) is 0 Å². The van der Waals surface area contributed by atoms with Crippen LogP contribution in [-0.2, 0) is 13.9 Å². The van der Waals surface area contributed by atoms with Gasteiger partial charge >= 0.3 is 0 Å². The van der Waals surface area contributed by atoms with Crippen molar-refractivity contribution >= 4 is 18.7 Å². The molecule has 0 bridgehead atoms. The largest absolute Gasteiger partial charge is 0.404 e. The predicted octanol–water partition coefficient (Wildman–Crippen LogP) is 4.10. The van der Waals surface area contributed by atoms with Crippen LogP contribution in [0.2, 0.25) is 5.04 Å². The van der Waals surface area contributed by atoms with Crippen LogP contribution in [0.4, 0.5) is 0 Å². The normalized spacial score (nSPS) is 24.8. The zero-order valence-corrected chi connectivity index (χ0v) is 21.0. The molecule has 1 N–H and O–H groups in total. The lowest BCUT2D eigenvalue weighted by molar-refractivity contribution is -0.166. The second kappa shape index (κ2) is 8.79. The third-order valence-electron chi connectivity index (χ3n) is 6.29. The van der Waals surface area contributed by atoms with Crippen molar-refractivity contribution in [3.05, 3.63) is 60.7 Å². The van der Waals surface area contributed by atoms with E-state index < -0.39 is 19.7 Å². The first-order valence-corrected chi connectivity index (χ1v) is 13.1. The summed E-state index contributed by atoms with van der Waals surface area (Å²) in [6.45, 7) is 15.1. The molecule has 4 nitrogen and oxygen atoms in total. The smallest absolute Gasteiger partial charge is 0.261 e. The molecule has 170 valence electrons. The molecule has 31 heavy (non-hydrogen) atoms. The van der Waals surface area contributed by atoms with Gasteiger partial charge in [-0.15, -0.1) is 0 Å². The lowest BCUT2D eigenvalue weighted by atomic mass is 9.91. The summed E-state index contributed by atoms with van der Waals surface area (Å²) in [4.78, 5) is 0. The zero-order valence-electron chi connectivity index (χ0n) is 20.0. The Labute approximate surface area is 188 Å². The van der Waals surface area contributed by atoms with E-state index in [9.17, 15) is 5.11 Å². The molecule has 1 aliphatic rings. The molecule has 0 spiro atoms. The van der Waals surface area contributed by atoms with Crippen LogP contribution >= 0.6 is 0 Å². The average Bonchev–Trinajstić information content (AvgIpc) is 2.97. The SMILES string of the molecule is C[C@@H](CO)[C@H]1OC(C)(C)O[C@]1(C)CO[Si](c1ccccc1)(c1ccccc1)C(C)(C)C. The van der Waals surface area contributed by atoms with Gasteiger partial charge in [0, 0.05) is 12.5 Å². The van der Waals surface area contributed by atoms with Gasteiger partial charge in [-0.2, -0.15) is 0 Å². The molecule has 0 aromatic heterocycles. The van der Waals surface area contributed by atoms with Crippen LogP contribution in [0.1, 0.15) is 48.5 Å². The van der Waals surface area contributed by atoms with Crippen molar-refractivity contribution in [1.82, 2.24) is 0 Å². The van der Waals surface area contributed by atoms with Gasteiger partial charge in [-0.3, -0.25) is 0 Å². The molecule has 5 heteroatoms. The molecule has 1 aliphatic heterocycles. The van der Waals surface area contributed by atoms with E-state index in [0.29, 0.717) is 6.61 Å². The third-order valence-corrected chi connectivity index (χ3v) is 11.3. The lowest BCUT2D eigenvalue weighted by Crippen LogP contribution is -2.68. The average molecular weight is 443 g/mol. The van der Waals surface area contributed by atoms with Gasteiger partial charge in [0.25, 0.3) is 8.32 Å². The number of aliphatic hydroxyl groups excluding tert-OH is 1. The maximum atomic E-state index is 9.84. The van der Waals surface area contributed by atoms with Gasteiger partial charge in [-0.1, -0.05) is 88.4 Å². The molecule has 0 aliphatic carbocycles. The first kappa shape index (κ1) is 24.1. The summed E-state index contributed by atoms with van der Waals surface area (Å²) < 4.78 is 19.8. The molecule has 1 saturated heterocycles. The van der Waals surface area contributed by atoms with Gasteiger partial charge in [0.05, 0.1) is 12.7 Å². The lowest BCUT2D eigenvalue weighted by Gasteiger charge is -2.45. The minimum absolute atomic E-state index is 0.0406. The van der Waals surface area contributed by atoms with Crippen LogP contribution < -0.4 is 10.4 Å². The Morgan fingerprint density at radius 2 is 1.45 bits per heavy atom. The number of aliphatic hydroxyl groups is 1. The fourth-order valence-electron chi connectivity index (χ4n) is 5.01. The molecular weight excluding hydrogens is 404 g/mol. The second-order valence-electron chi connectivity index (χ2n) is 10.5. The van der Waals surface area contributed by atoms with E-state index in [0.717, 1.165) is 0 Å². The molecule has 1 fully saturated rings. The molecule has 0 saturated carbocycles. The Hall–Kier alpha value is -1.50. The summed E-state index contributed by atoms with van der Waals surface area (Å²) in [5.41, 5.74) is -0.668. The number of rotatable bonds is 7. The molecule has 0 radical (unpaired) electrons. The van der Waals surface area contributed by atoms with Crippen molar-refractivity contribution in [3.63, 3.8) is 0 Å².